The van der Waals surface area contributed by atoms with E-state index >= 15 is 0 Å². The third-order valence-corrected chi connectivity index (χ3v) is 3.77. The fourth-order valence-electron chi connectivity index (χ4n) is 1.46. The number of anilines is 1. The van der Waals surface area contributed by atoms with Gasteiger partial charge in [0.05, 0.1) is 16.8 Å². The first-order valence-electron chi connectivity index (χ1n) is 6.13. The highest BCUT2D eigenvalue weighted by Crippen LogP contribution is 2.13. The van der Waals surface area contributed by atoms with Crippen molar-refractivity contribution in [1.29, 1.82) is 0 Å². The van der Waals surface area contributed by atoms with Crippen molar-refractivity contribution in [2.24, 2.45) is 15.2 Å². The van der Waals surface area contributed by atoms with Crippen molar-refractivity contribution in [3.05, 3.63) is 54.4 Å². The minimum Gasteiger partial charge on any atom is -0.399 e. The highest BCUT2D eigenvalue weighted by atomic mass is 32.2. The molecule has 114 valence electrons. The largest absolute Gasteiger partial charge is 0.399 e. The second-order valence-electron chi connectivity index (χ2n) is 4.15. The number of hydrazone groups is 1. The van der Waals surface area contributed by atoms with Crippen LogP contribution >= 0.6 is 0 Å². The molecule has 1 heterocycles. The highest BCUT2D eigenvalue weighted by Gasteiger charge is 2.12. The molecule has 8 nitrogen and oxygen atoms in total. The number of rotatable bonds is 4. The standard InChI is InChI=1S/C13H14N6O2S/c14-10-4-6-12(7-5-10)22(20,21)19-13(15)18-17-9-11-3-1-2-8-16-11/h1-9H,14H2,(H3,15,18,19)/b17-9-. The first-order valence-corrected chi connectivity index (χ1v) is 7.57. The Morgan fingerprint density at radius 1 is 1.18 bits per heavy atom. The molecule has 0 spiro atoms. The second-order valence-corrected chi connectivity index (χ2v) is 5.75. The summed E-state index contributed by atoms with van der Waals surface area (Å²) in [6, 6.07) is 10.9. The molecule has 22 heavy (non-hydrogen) atoms. The van der Waals surface area contributed by atoms with E-state index in [1.54, 1.807) is 24.4 Å². The normalized spacial score (nSPS) is 12.5. The van der Waals surface area contributed by atoms with Crippen LogP contribution in [0.15, 0.2) is 63.1 Å². The topological polar surface area (TPSA) is 136 Å². The van der Waals surface area contributed by atoms with Gasteiger partial charge in [-0.3, -0.25) is 4.98 Å². The van der Waals surface area contributed by atoms with Crippen LogP contribution < -0.4 is 16.9 Å². The van der Waals surface area contributed by atoms with E-state index in [9.17, 15) is 8.42 Å². The van der Waals surface area contributed by atoms with Gasteiger partial charge in [-0.1, -0.05) is 6.07 Å². The number of nitrogens with zero attached hydrogens (tertiary/aromatic N) is 3. The smallest absolute Gasteiger partial charge is 0.285 e. The number of nitrogens with one attached hydrogen (secondary N) is 1. The molecule has 0 aliphatic heterocycles. The molecular weight excluding hydrogens is 304 g/mol. The lowest BCUT2D eigenvalue weighted by Crippen LogP contribution is -2.28. The lowest BCUT2D eigenvalue weighted by molar-refractivity contribution is 0.597. The first kappa shape index (κ1) is 15.4. The Morgan fingerprint density at radius 2 is 1.91 bits per heavy atom. The summed E-state index contributed by atoms with van der Waals surface area (Å²) >= 11 is 0. The molecule has 0 aliphatic rings. The number of nitrogens with two attached hydrogens (primary N) is 2. The van der Waals surface area contributed by atoms with Crippen LogP contribution in [0.1, 0.15) is 5.69 Å². The summed E-state index contributed by atoms with van der Waals surface area (Å²) < 4.78 is 27.4. The van der Waals surface area contributed by atoms with Gasteiger partial charge >= 0.3 is 0 Å². The second kappa shape index (κ2) is 6.68. The molecule has 2 aromatic rings. The molecule has 1 aromatic heterocycles. The van der Waals surface area contributed by atoms with Crippen molar-refractivity contribution in [3.8, 4) is 0 Å². The van der Waals surface area contributed by atoms with Crippen LogP contribution in [0.4, 0.5) is 5.69 Å². The van der Waals surface area contributed by atoms with Gasteiger partial charge in [0.2, 0.25) is 5.96 Å². The van der Waals surface area contributed by atoms with E-state index in [-0.39, 0.29) is 10.9 Å². The molecule has 0 amide bonds. The van der Waals surface area contributed by atoms with Gasteiger partial charge in [0, 0.05) is 11.9 Å². The van der Waals surface area contributed by atoms with Crippen LogP contribution in [-0.4, -0.2) is 25.6 Å². The van der Waals surface area contributed by atoms with E-state index in [0.29, 0.717) is 11.4 Å². The van der Waals surface area contributed by atoms with Gasteiger partial charge in [0.25, 0.3) is 10.0 Å². The zero-order valence-corrected chi connectivity index (χ0v) is 12.2. The quantitative estimate of drug-likeness (QED) is 0.321. The summed E-state index contributed by atoms with van der Waals surface area (Å²) in [5.74, 6) is -0.357. The van der Waals surface area contributed by atoms with Crippen molar-refractivity contribution in [2.45, 2.75) is 4.90 Å². The van der Waals surface area contributed by atoms with Crippen LogP contribution in [-0.2, 0) is 10.0 Å². The van der Waals surface area contributed by atoms with E-state index in [0.717, 1.165) is 0 Å². The Bertz CT molecular complexity index is 785. The lowest BCUT2D eigenvalue weighted by Gasteiger charge is -2.01. The van der Waals surface area contributed by atoms with Crippen molar-refractivity contribution in [1.82, 2.24) is 10.4 Å². The molecular formula is C13H14N6O2S. The maximum Gasteiger partial charge on any atom is 0.285 e. The summed E-state index contributed by atoms with van der Waals surface area (Å²) in [5.41, 5.74) is 14.4. The zero-order valence-electron chi connectivity index (χ0n) is 11.4. The number of hydrogen-bond acceptors (Lipinski definition) is 5. The van der Waals surface area contributed by atoms with Gasteiger partial charge in [0.1, 0.15) is 0 Å². The number of sulfonamides is 1. The molecule has 0 saturated heterocycles. The molecule has 0 saturated carbocycles. The summed E-state index contributed by atoms with van der Waals surface area (Å²) in [5, 5.41) is 3.76. The van der Waals surface area contributed by atoms with Gasteiger partial charge in [-0.25, -0.2) is 5.43 Å². The van der Waals surface area contributed by atoms with Crippen molar-refractivity contribution < 1.29 is 8.42 Å². The van der Waals surface area contributed by atoms with Crippen LogP contribution in [0.5, 0.6) is 0 Å². The van der Waals surface area contributed by atoms with Crippen molar-refractivity contribution >= 4 is 27.9 Å². The molecule has 2 rings (SSSR count). The fourth-order valence-corrected chi connectivity index (χ4v) is 2.34. The molecule has 1 aromatic carbocycles. The van der Waals surface area contributed by atoms with E-state index in [1.807, 2.05) is 0 Å². The molecule has 0 bridgehead atoms. The number of aromatic nitrogens is 1. The van der Waals surface area contributed by atoms with Crippen molar-refractivity contribution in [3.63, 3.8) is 0 Å². The SMILES string of the molecule is NC(=NS(=O)(=O)c1ccc(N)cc1)N/N=C\c1ccccn1. The minimum absolute atomic E-state index is 0.0137. The van der Waals surface area contributed by atoms with E-state index in [2.05, 4.69) is 19.9 Å². The predicted octanol–water partition coefficient (Wildman–Crippen LogP) is 0.291. The Hall–Kier alpha value is -2.94. The molecule has 0 fully saturated rings. The molecule has 0 aliphatic carbocycles. The van der Waals surface area contributed by atoms with Crippen LogP contribution in [0, 0.1) is 0 Å². The fraction of sp³-hybridized carbons (Fsp3) is 0. The summed E-state index contributed by atoms with van der Waals surface area (Å²) in [4.78, 5) is 3.99. The Morgan fingerprint density at radius 3 is 2.55 bits per heavy atom. The number of hydrogen-bond donors (Lipinski definition) is 3. The molecule has 0 atom stereocenters. The van der Waals surface area contributed by atoms with Gasteiger partial charge in [-0.05, 0) is 36.4 Å². The van der Waals surface area contributed by atoms with Gasteiger partial charge < -0.3 is 11.5 Å². The number of guanidine groups is 1. The molecule has 0 radical (unpaired) electrons. The van der Waals surface area contributed by atoms with E-state index in [4.69, 9.17) is 11.5 Å². The maximum absolute atomic E-state index is 12.0. The van der Waals surface area contributed by atoms with E-state index in [1.165, 1.54) is 30.5 Å². The Labute approximate surface area is 127 Å². The molecule has 9 heteroatoms. The van der Waals surface area contributed by atoms with Crippen LogP contribution in [0.2, 0.25) is 0 Å². The van der Waals surface area contributed by atoms with Gasteiger partial charge in [0.15, 0.2) is 0 Å². The summed E-state index contributed by atoms with van der Waals surface area (Å²) in [7, 11) is -3.92. The third kappa shape index (κ3) is 4.28. The maximum atomic E-state index is 12.0. The lowest BCUT2D eigenvalue weighted by atomic mass is 10.3. The monoisotopic (exact) mass is 318 g/mol. The highest BCUT2D eigenvalue weighted by molar-refractivity contribution is 7.90. The number of pyridine rings is 1. The van der Waals surface area contributed by atoms with Gasteiger partial charge in [-0.2, -0.15) is 13.5 Å². The van der Waals surface area contributed by atoms with E-state index < -0.39 is 10.0 Å². The number of nitrogen functional groups attached to an aromatic ring is 1. The minimum atomic E-state index is -3.92. The average Bonchev–Trinajstić information content (AvgIpc) is 2.48. The first-order chi connectivity index (χ1) is 10.5. The third-order valence-electron chi connectivity index (χ3n) is 2.46. The Balaban J connectivity index is 2.08. The molecule has 0 unspecified atom stereocenters. The predicted molar refractivity (Wildman–Crippen MR) is 84.6 cm³/mol. The average molecular weight is 318 g/mol. The van der Waals surface area contributed by atoms with Crippen LogP contribution in [0.3, 0.4) is 0 Å². The number of benzene rings is 1. The zero-order chi connectivity index (χ0) is 16.0. The summed E-state index contributed by atoms with van der Waals surface area (Å²) in [6.45, 7) is 0. The summed E-state index contributed by atoms with van der Waals surface area (Å²) in [6.07, 6.45) is 2.99. The Kier molecular flexibility index (Phi) is 4.69. The van der Waals surface area contributed by atoms with Crippen molar-refractivity contribution in [2.75, 3.05) is 5.73 Å². The van der Waals surface area contributed by atoms with Gasteiger partial charge in [-0.15, -0.1) is 4.40 Å². The molecule has 5 N–H and O–H groups in total. The van der Waals surface area contributed by atoms with Crippen LogP contribution in [0.25, 0.3) is 0 Å².